The third-order valence-corrected chi connectivity index (χ3v) is 6.96. The highest BCUT2D eigenvalue weighted by Crippen LogP contribution is 2.57. The van der Waals surface area contributed by atoms with Crippen LogP contribution < -0.4 is 0 Å². The predicted octanol–water partition coefficient (Wildman–Crippen LogP) is 4.08. The Balaban J connectivity index is 2.08. The Kier molecular flexibility index (Phi) is 4.06. The highest BCUT2D eigenvalue weighted by atomic mass is 16.3. The molecule has 22 heavy (non-hydrogen) atoms. The molecule has 124 valence electrons. The van der Waals surface area contributed by atoms with Crippen LogP contribution in [0.25, 0.3) is 0 Å². The number of rotatable bonds is 1. The molecule has 2 heteroatoms. The normalized spacial score (nSPS) is 45.8. The lowest BCUT2D eigenvalue weighted by Crippen LogP contribution is -2.42. The van der Waals surface area contributed by atoms with Crippen LogP contribution in [0.3, 0.4) is 0 Å². The summed E-state index contributed by atoms with van der Waals surface area (Å²) in [6.07, 6.45) is 4.15. The Morgan fingerprint density at radius 2 is 1.86 bits per heavy atom. The first-order chi connectivity index (χ1) is 10.3. The van der Waals surface area contributed by atoms with Gasteiger partial charge in [0.1, 0.15) is 12.2 Å². The van der Waals surface area contributed by atoms with Crippen molar-refractivity contribution in [3.8, 4) is 0 Å². The van der Waals surface area contributed by atoms with Crippen molar-refractivity contribution in [2.24, 2.45) is 29.1 Å². The van der Waals surface area contributed by atoms with E-state index in [-0.39, 0.29) is 5.41 Å². The fourth-order valence-corrected chi connectivity index (χ4v) is 5.60. The van der Waals surface area contributed by atoms with E-state index in [0.717, 1.165) is 36.8 Å². The zero-order chi connectivity index (χ0) is 16.2. The van der Waals surface area contributed by atoms with Crippen LogP contribution in [0.2, 0.25) is 0 Å². The molecule has 0 radical (unpaired) electrons. The lowest BCUT2D eigenvalue weighted by atomic mass is 9.64. The third-order valence-electron chi connectivity index (χ3n) is 6.96. The van der Waals surface area contributed by atoms with Gasteiger partial charge >= 0.3 is 0 Å². The van der Waals surface area contributed by atoms with E-state index in [1.165, 1.54) is 12.0 Å². The van der Waals surface area contributed by atoms with E-state index in [4.69, 9.17) is 0 Å². The maximum atomic E-state index is 10.9. The van der Waals surface area contributed by atoms with Crippen molar-refractivity contribution in [1.82, 2.24) is 0 Å². The molecule has 0 aromatic heterocycles. The van der Waals surface area contributed by atoms with Crippen LogP contribution in [-0.2, 0) is 0 Å². The molecule has 3 rings (SSSR count). The van der Waals surface area contributed by atoms with Crippen molar-refractivity contribution in [3.63, 3.8) is 0 Å². The van der Waals surface area contributed by atoms with Gasteiger partial charge in [0.05, 0.1) is 0 Å². The van der Waals surface area contributed by atoms with E-state index < -0.39 is 12.2 Å². The van der Waals surface area contributed by atoms with Gasteiger partial charge in [-0.05, 0) is 72.3 Å². The molecule has 2 fully saturated rings. The first-order valence-electron chi connectivity index (χ1n) is 9.04. The highest BCUT2D eigenvalue weighted by Gasteiger charge is 2.50. The molecule has 2 saturated carbocycles. The smallest absolute Gasteiger partial charge is 0.106 e. The summed E-state index contributed by atoms with van der Waals surface area (Å²) in [6, 6.07) is 0. The van der Waals surface area contributed by atoms with Gasteiger partial charge in [0, 0.05) is 0 Å². The van der Waals surface area contributed by atoms with Gasteiger partial charge in [-0.25, -0.2) is 0 Å². The van der Waals surface area contributed by atoms with Gasteiger partial charge < -0.3 is 10.2 Å². The lowest BCUT2D eigenvalue weighted by molar-refractivity contribution is 0.0279. The van der Waals surface area contributed by atoms with Gasteiger partial charge in [0.15, 0.2) is 0 Å². The minimum atomic E-state index is -0.792. The molecule has 2 N–H and O–H groups in total. The van der Waals surface area contributed by atoms with E-state index in [1.54, 1.807) is 0 Å². The number of aliphatic hydroxyl groups is 2. The molecule has 0 heterocycles. The van der Waals surface area contributed by atoms with Crippen molar-refractivity contribution in [1.29, 1.82) is 0 Å². The van der Waals surface area contributed by atoms with Gasteiger partial charge in [0.2, 0.25) is 0 Å². The number of aliphatic hydroxyl groups excluding tert-OH is 2. The topological polar surface area (TPSA) is 40.5 Å². The second-order valence-corrected chi connectivity index (χ2v) is 8.65. The van der Waals surface area contributed by atoms with Crippen molar-refractivity contribution >= 4 is 0 Å². The minimum Gasteiger partial charge on any atom is -0.386 e. The highest BCUT2D eigenvalue weighted by molar-refractivity contribution is 5.36. The maximum absolute atomic E-state index is 10.9. The molecule has 0 bridgehead atoms. The molecule has 0 aliphatic heterocycles. The summed E-state index contributed by atoms with van der Waals surface area (Å²) in [6.45, 7) is 13.3. The summed E-state index contributed by atoms with van der Waals surface area (Å²) >= 11 is 0. The molecule has 0 saturated heterocycles. The summed E-state index contributed by atoms with van der Waals surface area (Å²) in [5, 5.41) is 21.7. The number of hydrogen-bond acceptors (Lipinski definition) is 2. The summed E-state index contributed by atoms with van der Waals surface area (Å²) in [5.74, 6) is 2.15. The Labute approximate surface area is 135 Å². The fraction of sp³-hybridized carbons (Fsp3) is 0.800. The lowest BCUT2D eigenvalue weighted by Gasteiger charge is -2.42. The Morgan fingerprint density at radius 3 is 2.50 bits per heavy atom. The molecule has 0 spiro atoms. The predicted molar refractivity (Wildman–Crippen MR) is 90.4 cm³/mol. The van der Waals surface area contributed by atoms with E-state index in [0.29, 0.717) is 23.7 Å². The summed E-state index contributed by atoms with van der Waals surface area (Å²) in [7, 11) is 0. The number of fused-ring (bicyclic) bond motifs is 2. The number of allylic oxidation sites excluding steroid dienone is 1. The van der Waals surface area contributed by atoms with Crippen LogP contribution >= 0.6 is 0 Å². The Bertz CT molecular complexity index is 504. The summed E-state index contributed by atoms with van der Waals surface area (Å²) in [4.78, 5) is 0. The van der Waals surface area contributed by atoms with Crippen molar-refractivity contribution < 1.29 is 10.2 Å². The molecule has 2 nitrogen and oxygen atoms in total. The van der Waals surface area contributed by atoms with Gasteiger partial charge in [-0.2, -0.15) is 0 Å². The Hall–Kier alpha value is -0.600. The quantitative estimate of drug-likeness (QED) is 0.717. The van der Waals surface area contributed by atoms with Crippen LogP contribution in [0.5, 0.6) is 0 Å². The van der Waals surface area contributed by atoms with Crippen LogP contribution in [0, 0.1) is 29.1 Å². The fourth-order valence-electron chi connectivity index (χ4n) is 5.60. The summed E-state index contributed by atoms with van der Waals surface area (Å²) < 4.78 is 0. The average molecular weight is 304 g/mol. The first kappa shape index (κ1) is 16.3. The maximum Gasteiger partial charge on any atom is 0.106 e. The molecule has 0 aromatic carbocycles. The van der Waals surface area contributed by atoms with E-state index in [9.17, 15) is 10.2 Å². The van der Waals surface area contributed by atoms with Crippen molar-refractivity contribution in [3.05, 3.63) is 23.3 Å². The van der Waals surface area contributed by atoms with E-state index >= 15 is 0 Å². The SMILES string of the molecule is C=C1[C@@H](O)[C@@H](O)C2=C(C(C)C)CC[C@@]2(C)C[C@@H]2[C@H](C)CC[C@@H]12. The second-order valence-electron chi connectivity index (χ2n) is 8.65. The molecule has 0 aromatic rings. The molecule has 3 aliphatic carbocycles. The molecule has 3 aliphatic rings. The third kappa shape index (κ3) is 2.30. The van der Waals surface area contributed by atoms with E-state index in [2.05, 4.69) is 34.3 Å². The minimum absolute atomic E-state index is 0.0578. The zero-order valence-corrected chi connectivity index (χ0v) is 14.6. The van der Waals surface area contributed by atoms with Crippen LogP contribution in [0.4, 0.5) is 0 Å². The van der Waals surface area contributed by atoms with Crippen molar-refractivity contribution in [2.75, 3.05) is 0 Å². The van der Waals surface area contributed by atoms with E-state index in [1.807, 2.05) is 0 Å². The largest absolute Gasteiger partial charge is 0.386 e. The summed E-state index contributed by atoms with van der Waals surface area (Å²) in [5.41, 5.74) is 3.47. The molecular weight excluding hydrogens is 272 g/mol. The van der Waals surface area contributed by atoms with Crippen LogP contribution in [0.15, 0.2) is 23.3 Å². The van der Waals surface area contributed by atoms with Gasteiger partial charge in [-0.3, -0.25) is 0 Å². The Morgan fingerprint density at radius 1 is 1.18 bits per heavy atom. The molecule has 6 atom stereocenters. The van der Waals surface area contributed by atoms with Gasteiger partial charge in [-0.1, -0.05) is 39.8 Å². The molecule has 0 unspecified atom stereocenters. The van der Waals surface area contributed by atoms with Crippen LogP contribution in [-0.4, -0.2) is 22.4 Å². The van der Waals surface area contributed by atoms with Crippen LogP contribution in [0.1, 0.15) is 59.8 Å². The standard InChI is InChI=1S/C20H32O2/c1-11(2)14-8-9-20(5)10-16-12(3)6-7-15(16)13(4)18(21)19(22)17(14)20/h11-12,15-16,18-19,21-22H,4,6-10H2,1-3,5H3/t12-,15+,16-,18-,19+,20+/m1/s1. The first-order valence-corrected chi connectivity index (χ1v) is 9.04. The average Bonchev–Trinajstić information content (AvgIpc) is 2.98. The zero-order valence-electron chi connectivity index (χ0n) is 14.6. The van der Waals surface area contributed by atoms with Gasteiger partial charge in [0.25, 0.3) is 0 Å². The van der Waals surface area contributed by atoms with Gasteiger partial charge in [-0.15, -0.1) is 0 Å². The monoisotopic (exact) mass is 304 g/mol. The number of hydrogen-bond donors (Lipinski definition) is 2. The molecule has 0 amide bonds. The van der Waals surface area contributed by atoms with Crippen molar-refractivity contribution in [2.45, 2.75) is 72.0 Å². The second kappa shape index (κ2) is 5.49. The molecular formula is C20H32O2.